The zero-order valence-corrected chi connectivity index (χ0v) is 21.1. The largest absolute Gasteiger partial charge is 0.501 e. The van der Waals surface area contributed by atoms with Gasteiger partial charge in [-0.3, -0.25) is 19.0 Å². The van der Waals surface area contributed by atoms with Gasteiger partial charge < -0.3 is 24.8 Å². The van der Waals surface area contributed by atoms with Gasteiger partial charge in [0.2, 0.25) is 11.7 Å². The van der Waals surface area contributed by atoms with Crippen molar-refractivity contribution < 1.29 is 28.6 Å². The first-order valence-electron chi connectivity index (χ1n) is 12.6. The quantitative estimate of drug-likeness (QED) is 0.598. The van der Waals surface area contributed by atoms with Gasteiger partial charge in [-0.05, 0) is 43.7 Å². The number of amides is 2. The normalized spacial score (nSPS) is 25.9. The molecule has 1 aliphatic carbocycles. The number of nitrogens with zero attached hydrogens (tertiary/aromatic N) is 3. The summed E-state index contributed by atoms with van der Waals surface area (Å²) in [6, 6.07) is 1.75. The molecular formula is C26H31FN4O6. The van der Waals surface area contributed by atoms with E-state index in [9.17, 15) is 23.9 Å². The Kier molecular flexibility index (Phi) is 6.65. The number of nitrogens with one attached hydrogen (secondary N) is 1. The first kappa shape index (κ1) is 25.2. The van der Waals surface area contributed by atoms with E-state index in [-0.39, 0.29) is 43.3 Å². The number of aryl methyl sites for hydroxylation is 1. The molecule has 1 saturated carbocycles. The van der Waals surface area contributed by atoms with Crippen LogP contribution in [0.25, 0.3) is 0 Å². The van der Waals surface area contributed by atoms with Crippen LogP contribution in [0.5, 0.6) is 11.5 Å². The number of carbonyl (C=O) groups excluding carboxylic acids is 2. The lowest BCUT2D eigenvalue weighted by atomic mass is 10.1. The van der Waals surface area contributed by atoms with Crippen LogP contribution < -0.4 is 15.6 Å². The lowest BCUT2D eigenvalue weighted by Gasteiger charge is -2.29. The van der Waals surface area contributed by atoms with Gasteiger partial charge >= 0.3 is 0 Å². The molecule has 37 heavy (non-hydrogen) atoms. The number of hydrogen-bond donors (Lipinski definition) is 2. The number of likely N-dealkylation sites (N-methyl/N-ethyl adjacent to an activating group) is 1. The Morgan fingerprint density at radius 2 is 2.03 bits per heavy atom. The maximum atomic E-state index is 14.3. The van der Waals surface area contributed by atoms with E-state index in [1.807, 2.05) is 6.92 Å². The highest BCUT2D eigenvalue weighted by molar-refractivity contribution is 5.94. The van der Waals surface area contributed by atoms with Crippen molar-refractivity contribution in [3.63, 3.8) is 0 Å². The number of halogens is 1. The predicted molar refractivity (Wildman–Crippen MR) is 130 cm³/mol. The molecule has 0 saturated heterocycles. The summed E-state index contributed by atoms with van der Waals surface area (Å²) in [4.78, 5) is 45.9. The Morgan fingerprint density at radius 3 is 2.78 bits per heavy atom. The molecule has 0 spiro atoms. The molecule has 4 unspecified atom stereocenters. The average Bonchev–Trinajstić information content (AvgIpc) is 3.67. The summed E-state index contributed by atoms with van der Waals surface area (Å²) in [5, 5.41) is 13.4. The third-order valence-electron chi connectivity index (χ3n) is 7.64. The molecule has 2 aromatic rings. The molecule has 0 radical (unpaired) electrons. The van der Waals surface area contributed by atoms with Crippen LogP contribution in [-0.2, 0) is 16.1 Å². The Bertz CT molecular complexity index is 1310. The van der Waals surface area contributed by atoms with Gasteiger partial charge in [-0.1, -0.05) is 6.92 Å². The van der Waals surface area contributed by atoms with Crippen LogP contribution in [0.1, 0.15) is 65.7 Å². The predicted octanol–water partition coefficient (Wildman–Crippen LogP) is 2.23. The van der Waals surface area contributed by atoms with Gasteiger partial charge in [0, 0.05) is 31.1 Å². The van der Waals surface area contributed by atoms with Gasteiger partial charge in [-0.25, -0.2) is 9.37 Å². The molecule has 2 bridgehead atoms. The van der Waals surface area contributed by atoms with Gasteiger partial charge in [0.15, 0.2) is 5.69 Å². The zero-order chi connectivity index (χ0) is 26.4. The van der Waals surface area contributed by atoms with E-state index in [1.54, 1.807) is 20.0 Å². The number of aromatic nitrogens is 2. The van der Waals surface area contributed by atoms with E-state index in [4.69, 9.17) is 9.47 Å². The number of benzene rings is 1. The molecule has 1 fully saturated rings. The SMILES string of the molecule is CCC1COCC2c3nc(c(O)c(=O)n31)C(=O)NCc1cc(C)c(F)cc1OCCC1CC1C(=O)N2C. The number of hydrogen-bond acceptors (Lipinski definition) is 7. The van der Waals surface area contributed by atoms with Crippen molar-refractivity contribution in [2.75, 3.05) is 26.9 Å². The molecular weight excluding hydrogens is 483 g/mol. The topological polar surface area (TPSA) is 123 Å². The monoisotopic (exact) mass is 514 g/mol. The van der Waals surface area contributed by atoms with Crippen molar-refractivity contribution in [1.82, 2.24) is 19.8 Å². The summed E-state index contributed by atoms with van der Waals surface area (Å²) in [6.07, 6.45) is 1.85. The second-order valence-corrected chi connectivity index (χ2v) is 10.0. The van der Waals surface area contributed by atoms with Gasteiger partial charge in [0.05, 0.1) is 25.9 Å². The van der Waals surface area contributed by atoms with Crippen molar-refractivity contribution in [2.45, 2.75) is 51.7 Å². The fourth-order valence-electron chi connectivity index (χ4n) is 5.20. The fourth-order valence-corrected chi connectivity index (χ4v) is 5.20. The molecule has 5 rings (SSSR count). The standard InChI is InChI=1S/C26H31FN4O6/c1-4-16-11-36-12-19-23-29-21(22(32)26(35)31(16)23)24(33)28-10-15-7-13(2)18(27)9-20(15)37-6-5-14-8-17(14)25(34)30(19)3/h7,9,14,16-17,19,32H,4-6,8,10-12H2,1-3H3,(H,28,33). The van der Waals surface area contributed by atoms with Crippen LogP contribution >= 0.6 is 0 Å². The molecule has 3 heterocycles. The van der Waals surface area contributed by atoms with Gasteiger partial charge in [-0.15, -0.1) is 0 Å². The maximum Gasteiger partial charge on any atom is 0.296 e. The molecule has 10 nitrogen and oxygen atoms in total. The smallest absolute Gasteiger partial charge is 0.296 e. The van der Waals surface area contributed by atoms with Crippen LogP contribution in [0.4, 0.5) is 4.39 Å². The molecule has 2 amide bonds. The highest BCUT2D eigenvalue weighted by Crippen LogP contribution is 2.44. The van der Waals surface area contributed by atoms with Gasteiger partial charge in [-0.2, -0.15) is 0 Å². The lowest BCUT2D eigenvalue weighted by Crippen LogP contribution is -2.40. The minimum Gasteiger partial charge on any atom is -0.501 e. The Balaban J connectivity index is 1.61. The van der Waals surface area contributed by atoms with Crippen LogP contribution in [0.15, 0.2) is 16.9 Å². The second-order valence-electron chi connectivity index (χ2n) is 10.0. The van der Waals surface area contributed by atoms with Crippen LogP contribution in [0.3, 0.4) is 0 Å². The second kappa shape index (κ2) is 9.77. The molecule has 1 aromatic heterocycles. The molecule has 11 heteroatoms. The summed E-state index contributed by atoms with van der Waals surface area (Å²) < 4.78 is 27.3. The summed E-state index contributed by atoms with van der Waals surface area (Å²) in [5.74, 6) is -1.67. The molecule has 4 atom stereocenters. The minimum absolute atomic E-state index is 0.0244. The van der Waals surface area contributed by atoms with Crippen molar-refractivity contribution in [3.8, 4) is 11.5 Å². The Hall–Kier alpha value is -3.47. The lowest BCUT2D eigenvalue weighted by molar-refractivity contribution is -0.135. The van der Waals surface area contributed by atoms with E-state index in [2.05, 4.69) is 10.3 Å². The van der Waals surface area contributed by atoms with E-state index in [1.165, 1.54) is 15.5 Å². The van der Waals surface area contributed by atoms with Crippen LogP contribution in [-0.4, -0.2) is 58.2 Å². The third-order valence-corrected chi connectivity index (χ3v) is 7.64. The molecule has 2 N–H and O–H groups in total. The summed E-state index contributed by atoms with van der Waals surface area (Å²) in [7, 11) is 1.64. The summed E-state index contributed by atoms with van der Waals surface area (Å²) in [6.45, 7) is 4.09. The Morgan fingerprint density at radius 1 is 1.24 bits per heavy atom. The maximum absolute atomic E-state index is 14.3. The first-order chi connectivity index (χ1) is 17.7. The van der Waals surface area contributed by atoms with Crippen molar-refractivity contribution >= 4 is 11.8 Å². The Labute approximate surface area is 213 Å². The highest BCUT2D eigenvalue weighted by Gasteiger charge is 2.46. The van der Waals surface area contributed by atoms with E-state index in [0.717, 1.165) is 0 Å². The number of aromatic hydroxyl groups is 1. The minimum atomic E-state index is -0.774. The zero-order valence-electron chi connectivity index (χ0n) is 21.1. The average molecular weight is 515 g/mol. The van der Waals surface area contributed by atoms with Crippen molar-refractivity contribution in [2.24, 2.45) is 11.8 Å². The van der Waals surface area contributed by atoms with Gasteiger partial charge in [0.1, 0.15) is 23.4 Å². The van der Waals surface area contributed by atoms with Crippen molar-refractivity contribution in [3.05, 3.63) is 50.9 Å². The van der Waals surface area contributed by atoms with Crippen LogP contribution in [0, 0.1) is 24.6 Å². The van der Waals surface area contributed by atoms with Gasteiger partial charge in [0.25, 0.3) is 11.5 Å². The van der Waals surface area contributed by atoms with E-state index < -0.39 is 40.8 Å². The van der Waals surface area contributed by atoms with E-state index in [0.29, 0.717) is 42.7 Å². The van der Waals surface area contributed by atoms with Crippen LogP contribution in [0.2, 0.25) is 0 Å². The number of ether oxygens (including phenoxy) is 2. The highest BCUT2D eigenvalue weighted by atomic mass is 19.1. The molecule has 3 aliphatic rings. The number of carbonyl (C=O) groups is 2. The summed E-state index contributed by atoms with van der Waals surface area (Å²) >= 11 is 0. The molecule has 198 valence electrons. The first-order valence-corrected chi connectivity index (χ1v) is 12.6. The third kappa shape index (κ3) is 4.56. The number of rotatable bonds is 1. The molecule has 1 aromatic carbocycles. The fraction of sp³-hybridized carbons (Fsp3) is 0.538. The summed E-state index contributed by atoms with van der Waals surface area (Å²) in [5.41, 5.74) is -0.257. The molecule has 2 aliphatic heterocycles. The number of fused-ring (bicyclic) bond motifs is 3. The van der Waals surface area contributed by atoms with Crippen molar-refractivity contribution in [1.29, 1.82) is 0 Å². The van der Waals surface area contributed by atoms with E-state index >= 15 is 0 Å².